The molecule has 3 heterocycles. The molecule has 1 N–H and O–H groups in total. The number of halogens is 2. The predicted octanol–water partition coefficient (Wildman–Crippen LogP) is 3.86. The van der Waals surface area contributed by atoms with Crippen LogP contribution in [0.4, 0.5) is 31.7 Å². The second-order valence-electron chi connectivity index (χ2n) is 8.47. The van der Waals surface area contributed by atoms with E-state index in [1.54, 1.807) is 6.07 Å². The Morgan fingerprint density at radius 3 is 2.37 bits per heavy atom. The number of likely N-dealkylation sites (N-methyl/N-ethyl adjacent to an activating group) is 1. The number of hydrogen-bond donors (Lipinski definition) is 1. The van der Waals surface area contributed by atoms with Gasteiger partial charge in [0, 0.05) is 61.9 Å². The first-order valence-corrected chi connectivity index (χ1v) is 11.2. The number of anilines is 4. The van der Waals surface area contributed by atoms with Gasteiger partial charge >= 0.3 is 0 Å². The van der Waals surface area contributed by atoms with Gasteiger partial charge in [0.05, 0.1) is 7.11 Å². The number of benzene rings is 2. The summed E-state index contributed by atoms with van der Waals surface area (Å²) < 4.78 is 39.5. The molecule has 0 spiro atoms. The minimum atomic E-state index is -0.923. The van der Waals surface area contributed by atoms with E-state index in [0.29, 0.717) is 5.82 Å². The maximum atomic E-state index is 14.5. The standard InChI is InChI=1S/C25H25F2N5O3/c1-30-7-9-31(10-8-30)17-5-3-16(4-6-17)29-23-13-22-19(14-28-23)25(33)32(15-35-22)24-20(26)11-18(34-2)12-21(24)27/h3-6,11-14H,7-10,15H2,1-2H3,(H,28,29). The average Bonchev–Trinajstić information content (AvgIpc) is 2.86. The summed E-state index contributed by atoms with van der Waals surface area (Å²) in [5.74, 6) is -1.67. The second-order valence-corrected chi connectivity index (χ2v) is 8.47. The first kappa shape index (κ1) is 22.9. The topological polar surface area (TPSA) is 70.2 Å². The van der Waals surface area contributed by atoms with Gasteiger partial charge in [-0.1, -0.05) is 0 Å². The first-order chi connectivity index (χ1) is 16.9. The molecule has 0 saturated carbocycles. The van der Waals surface area contributed by atoms with Crippen LogP contribution in [0.3, 0.4) is 0 Å². The van der Waals surface area contributed by atoms with Crippen molar-refractivity contribution in [3.63, 3.8) is 0 Å². The van der Waals surface area contributed by atoms with Gasteiger partial charge < -0.3 is 24.6 Å². The molecule has 5 rings (SSSR count). The van der Waals surface area contributed by atoms with E-state index >= 15 is 0 Å². The highest BCUT2D eigenvalue weighted by Gasteiger charge is 2.32. The summed E-state index contributed by atoms with van der Waals surface area (Å²) in [6.07, 6.45) is 1.34. The number of rotatable bonds is 5. The normalized spacial score (nSPS) is 16.1. The number of nitrogens with one attached hydrogen (secondary N) is 1. The van der Waals surface area contributed by atoms with Gasteiger partial charge in [-0.25, -0.2) is 13.8 Å². The molecule has 2 aliphatic rings. The van der Waals surface area contributed by atoms with Crippen LogP contribution in [0.15, 0.2) is 48.7 Å². The summed E-state index contributed by atoms with van der Waals surface area (Å²) in [7, 11) is 3.43. The van der Waals surface area contributed by atoms with Crippen LogP contribution in [0.1, 0.15) is 10.4 Å². The van der Waals surface area contributed by atoms with Crippen molar-refractivity contribution in [2.24, 2.45) is 0 Å². The van der Waals surface area contributed by atoms with E-state index in [1.807, 2.05) is 12.1 Å². The van der Waals surface area contributed by atoms with Gasteiger partial charge in [0.25, 0.3) is 5.91 Å². The van der Waals surface area contributed by atoms with Crippen LogP contribution in [0, 0.1) is 11.6 Å². The zero-order valence-electron chi connectivity index (χ0n) is 19.4. The molecule has 1 saturated heterocycles. The van der Waals surface area contributed by atoms with Crippen LogP contribution in [0.2, 0.25) is 0 Å². The SMILES string of the molecule is COc1cc(F)c(N2COc3cc(Nc4ccc(N5CCN(C)CC5)cc4)ncc3C2=O)c(F)c1. The van der Waals surface area contributed by atoms with E-state index in [1.165, 1.54) is 13.3 Å². The van der Waals surface area contributed by atoms with Gasteiger partial charge in [-0.3, -0.25) is 9.69 Å². The summed E-state index contributed by atoms with van der Waals surface area (Å²) in [6, 6.07) is 11.7. The number of aromatic nitrogens is 1. The van der Waals surface area contributed by atoms with Gasteiger partial charge in [0.15, 0.2) is 18.4 Å². The fraction of sp³-hybridized carbons (Fsp3) is 0.280. The van der Waals surface area contributed by atoms with Crippen LogP contribution in [-0.2, 0) is 0 Å². The number of carbonyl (C=O) groups is 1. The van der Waals surface area contributed by atoms with E-state index in [-0.39, 0.29) is 23.8 Å². The van der Waals surface area contributed by atoms with E-state index in [0.717, 1.165) is 54.6 Å². The van der Waals surface area contributed by atoms with Crippen molar-refractivity contribution in [3.05, 3.63) is 65.9 Å². The number of ether oxygens (including phenoxy) is 2. The molecule has 0 radical (unpaired) electrons. The van der Waals surface area contributed by atoms with E-state index in [4.69, 9.17) is 9.47 Å². The zero-order chi connectivity index (χ0) is 24.5. The Morgan fingerprint density at radius 1 is 1.03 bits per heavy atom. The molecule has 35 heavy (non-hydrogen) atoms. The largest absolute Gasteiger partial charge is 0.497 e. The Labute approximate surface area is 201 Å². The van der Waals surface area contributed by atoms with Gasteiger partial charge in [0.2, 0.25) is 0 Å². The van der Waals surface area contributed by atoms with Crippen LogP contribution in [0.5, 0.6) is 11.5 Å². The lowest BCUT2D eigenvalue weighted by Crippen LogP contribution is -2.44. The molecule has 182 valence electrons. The third-order valence-electron chi connectivity index (χ3n) is 6.19. The Bertz CT molecular complexity index is 1220. The molecule has 1 amide bonds. The fourth-order valence-electron chi connectivity index (χ4n) is 4.18. The molecule has 0 atom stereocenters. The monoisotopic (exact) mass is 481 g/mol. The molecule has 1 fully saturated rings. The molecule has 10 heteroatoms. The number of piperazine rings is 1. The Balaban J connectivity index is 1.30. The maximum Gasteiger partial charge on any atom is 0.266 e. The quantitative estimate of drug-likeness (QED) is 0.594. The van der Waals surface area contributed by atoms with E-state index in [2.05, 4.69) is 39.3 Å². The first-order valence-electron chi connectivity index (χ1n) is 11.2. The van der Waals surface area contributed by atoms with Crippen molar-refractivity contribution in [2.45, 2.75) is 0 Å². The Morgan fingerprint density at radius 2 is 1.71 bits per heavy atom. The van der Waals surface area contributed by atoms with Crippen LogP contribution >= 0.6 is 0 Å². The van der Waals surface area contributed by atoms with E-state index < -0.39 is 23.2 Å². The highest BCUT2D eigenvalue weighted by molar-refractivity contribution is 6.08. The summed E-state index contributed by atoms with van der Waals surface area (Å²) in [5.41, 5.74) is 1.61. The van der Waals surface area contributed by atoms with Crippen LogP contribution in [-0.4, -0.2) is 62.9 Å². The summed E-state index contributed by atoms with van der Waals surface area (Å²) in [6.45, 7) is 3.71. The van der Waals surface area contributed by atoms with Crippen LogP contribution in [0.25, 0.3) is 0 Å². The molecular weight excluding hydrogens is 456 g/mol. The minimum Gasteiger partial charge on any atom is -0.497 e. The fourth-order valence-corrected chi connectivity index (χ4v) is 4.18. The number of hydrogen-bond acceptors (Lipinski definition) is 7. The molecule has 3 aromatic rings. The predicted molar refractivity (Wildman–Crippen MR) is 129 cm³/mol. The van der Waals surface area contributed by atoms with Gasteiger partial charge in [0.1, 0.15) is 28.6 Å². The molecule has 2 aliphatic heterocycles. The highest BCUT2D eigenvalue weighted by atomic mass is 19.1. The molecule has 8 nitrogen and oxygen atoms in total. The summed E-state index contributed by atoms with van der Waals surface area (Å²) >= 11 is 0. The van der Waals surface area contributed by atoms with Crippen molar-refractivity contribution >= 4 is 28.8 Å². The molecule has 0 aliphatic carbocycles. The number of pyridine rings is 1. The van der Waals surface area contributed by atoms with Crippen LogP contribution < -0.4 is 24.6 Å². The number of nitrogens with zero attached hydrogens (tertiary/aromatic N) is 4. The molecule has 1 aromatic heterocycles. The number of amides is 1. The zero-order valence-corrected chi connectivity index (χ0v) is 19.4. The smallest absolute Gasteiger partial charge is 0.266 e. The minimum absolute atomic E-state index is 0.0171. The van der Waals surface area contributed by atoms with Gasteiger partial charge in [-0.2, -0.15) is 0 Å². The highest BCUT2D eigenvalue weighted by Crippen LogP contribution is 2.34. The van der Waals surface area contributed by atoms with Crippen molar-refractivity contribution in [1.82, 2.24) is 9.88 Å². The molecular formula is C25H25F2N5O3. The lowest BCUT2D eigenvalue weighted by molar-refractivity contribution is 0.0933. The number of carbonyl (C=O) groups excluding carboxylic acids is 1. The van der Waals surface area contributed by atoms with E-state index in [9.17, 15) is 13.6 Å². The lowest BCUT2D eigenvalue weighted by atomic mass is 10.1. The van der Waals surface area contributed by atoms with Gasteiger partial charge in [-0.05, 0) is 31.3 Å². The van der Waals surface area contributed by atoms with Crippen molar-refractivity contribution in [1.29, 1.82) is 0 Å². The molecule has 0 unspecified atom stereocenters. The average molecular weight is 482 g/mol. The Hall–Kier alpha value is -3.92. The summed E-state index contributed by atoms with van der Waals surface area (Å²) in [4.78, 5) is 22.8. The van der Waals surface area contributed by atoms with Crippen molar-refractivity contribution < 1.29 is 23.0 Å². The van der Waals surface area contributed by atoms with Crippen molar-refractivity contribution in [2.75, 3.05) is 62.2 Å². The molecule has 0 bridgehead atoms. The van der Waals surface area contributed by atoms with Gasteiger partial charge in [-0.15, -0.1) is 0 Å². The third kappa shape index (κ3) is 4.57. The lowest BCUT2D eigenvalue weighted by Gasteiger charge is -2.34. The number of methoxy groups -OCH3 is 1. The van der Waals surface area contributed by atoms with Crippen molar-refractivity contribution in [3.8, 4) is 11.5 Å². The molecule has 2 aromatic carbocycles. The maximum absolute atomic E-state index is 14.5. The third-order valence-corrected chi connectivity index (χ3v) is 6.19. The summed E-state index contributed by atoms with van der Waals surface area (Å²) in [5, 5.41) is 3.20. The number of fused-ring (bicyclic) bond motifs is 1. The second kappa shape index (κ2) is 9.38. The Kier molecular flexibility index (Phi) is 6.12.